The van der Waals surface area contributed by atoms with Crippen molar-refractivity contribution in [3.8, 4) is 0 Å². The lowest BCUT2D eigenvalue weighted by Crippen LogP contribution is -2.38. The highest BCUT2D eigenvalue weighted by Crippen LogP contribution is 2.28. The number of hydrogen-bond donors (Lipinski definition) is 1. The lowest BCUT2D eigenvalue weighted by atomic mass is 10.0. The molecule has 2 rings (SSSR count). The van der Waals surface area contributed by atoms with Crippen LogP contribution in [0.5, 0.6) is 0 Å². The zero-order valence-electron chi connectivity index (χ0n) is 16.6. The Hall–Kier alpha value is -2.87. The molecule has 0 heterocycles. The van der Waals surface area contributed by atoms with E-state index in [9.17, 15) is 19.7 Å². The van der Waals surface area contributed by atoms with E-state index in [1.54, 1.807) is 6.26 Å². The van der Waals surface area contributed by atoms with Crippen LogP contribution in [-0.2, 0) is 9.53 Å². The monoisotopic (exact) mass is 416 g/mol. The van der Waals surface area contributed by atoms with Crippen LogP contribution in [0.4, 0.5) is 5.69 Å². The summed E-state index contributed by atoms with van der Waals surface area (Å²) in [5.74, 6) is -1.20. The van der Waals surface area contributed by atoms with Crippen molar-refractivity contribution in [2.24, 2.45) is 0 Å². The first kappa shape index (κ1) is 22.4. The van der Waals surface area contributed by atoms with E-state index in [0.29, 0.717) is 4.90 Å². The number of carbonyl (C=O) groups excluding carboxylic acids is 2. The normalized spacial score (nSPS) is 12.7. The lowest BCUT2D eigenvalue weighted by molar-refractivity contribution is -0.387. The summed E-state index contributed by atoms with van der Waals surface area (Å²) in [6.45, 7) is 3.50. The zero-order chi connectivity index (χ0) is 21.4. The lowest BCUT2D eigenvalue weighted by Gasteiger charge is -2.21. The van der Waals surface area contributed by atoms with Gasteiger partial charge in [-0.25, -0.2) is 4.79 Å². The predicted molar refractivity (Wildman–Crippen MR) is 112 cm³/mol. The van der Waals surface area contributed by atoms with Crippen LogP contribution < -0.4 is 5.32 Å². The number of carbonyl (C=O) groups is 2. The van der Waals surface area contributed by atoms with Crippen LogP contribution in [0.3, 0.4) is 0 Å². The third kappa shape index (κ3) is 6.05. The van der Waals surface area contributed by atoms with Gasteiger partial charge in [0.1, 0.15) is 0 Å². The fourth-order valence-corrected chi connectivity index (χ4v) is 3.37. The van der Waals surface area contributed by atoms with Gasteiger partial charge >= 0.3 is 5.97 Å². The molecule has 154 valence electrons. The van der Waals surface area contributed by atoms with Crippen molar-refractivity contribution in [1.29, 1.82) is 0 Å². The molecule has 8 heteroatoms. The van der Waals surface area contributed by atoms with E-state index in [1.807, 2.05) is 37.3 Å². The molecule has 0 unspecified atom stereocenters. The molecule has 0 spiro atoms. The minimum atomic E-state index is -1.04. The predicted octanol–water partition coefficient (Wildman–Crippen LogP) is 4.52. The maximum Gasteiger partial charge on any atom is 0.339 e. The minimum Gasteiger partial charge on any atom is -0.449 e. The van der Waals surface area contributed by atoms with E-state index in [2.05, 4.69) is 5.32 Å². The summed E-state index contributed by atoms with van der Waals surface area (Å²) in [6, 6.07) is 13.5. The molecular formula is C21H24N2O5S. The van der Waals surface area contributed by atoms with Gasteiger partial charge in [0.2, 0.25) is 0 Å². The van der Waals surface area contributed by atoms with E-state index in [4.69, 9.17) is 4.74 Å². The third-order valence-corrected chi connectivity index (χ3v) is 5.15. The zero-order valence-corrected chi connectivity index (χ0v) is 17.4. The first-order valence-electron chi connectivity index (χ1n) is 9.26. The van der Waals surface area contributed by atoms with Crippen molar-refractivity contribution >= 4 is 29.3 Å². The molecular weight excluding hydrogens is 392 g/mol. The molecule has 29 heavy (non-hydrogen) atoms. The van der Waals surface area contributed by atoms with Crippen LogP contribution in [0, 0.1) is 10.1 Å². The van der Waals surface area contributed by atoms with Crippen LogP contribution in [-0.4, -0.2) is 29.2 Å². The fraction of sp³-hybridized carbons (Fsp3) is 0.333. The van der Waals surface area contributed by atoms with Crippen molar-refractivity contribution in [3.05, 3.63) is 69.8 Å². The van der Waals surface area contributed by atoms with Crippen LogP contribution in [0.2, 0.25) is 0 Å². The average Bonchev–Trinajstić information content (AvgIpc) is 2.73. The van der Waals surface area contributed by atoms with E-state index >= 15 is 0 Å². The number of nitrogens with one attached hydrogen (secondary N) is 1. The number of amides is 1. The van der Waals surface area contributed by atoms with Crippen LogP contribution in [0.1, 0.15) is 48.7 Å². The second-order valence-electron chi connectivity index (χ2n) is 6.45. The van der Waals surface area contributed by atoms with E-state index in [1.165, 1.54) is 36.9 Å². The van der Waals surface area contributed by atoms with Crippen LogP contribution in [0.15, 0.2) is 53.4 Å². The smallest absolute Gasteiger partial charge is 0.339 e. The number of esters is 1. The number of nitrogens with zero attached hydrogens (tertiary/aromatic N) is 1. The molecule has 1 N–H and O–H groups in total. The Kier molecular flexibility index (Phi) is 8.21. The molecule has 0 saturated heterocycles. The highest BCUT2D eigenvalue weighted by Gasteiger charge is 2.24. The summed E-state index contributed by atoms with van der Waals surface area (Å²) in [7, 11) is 0. The Bertz CT molecular complexity index is 873. The van der Waals surface area contributed by atoms with Gasteiger partial charge in [-0.15, -0.1) is 11.8 Å². The van der Waals surface area contributed by atoms with Gasteiger partial charge in [0.05, 0.1) is 21.4 Å². The van der Waals surface area contributed by atoms with E-state index < -0.39 is 22.9 Å². The molecule has 0 aliphatic carbocycles. The van der Waals surface area contributed by atoms with Gasteiger partial charge in [-0.3, -0.25) is 14.9 Å². The highest BCUT2D eigenvalue weighted by molar-refractivity contribution is 7.98. The maximum atomic E-state index is 12.5. The maximum absolute atomic E-state index is 12.5. The molecule has 0 fully saturated rings. The Balaban J connectivity index is 2.07. The van der Waals surface area contributed by atoms with Crippen molar-refractivity contribution < 1.29 is 19.2 Å². The van der Waals surface area contributed by atoms with Gasteiger partial charge < -0.3 is 10.1 Å². The van der Waals surface area contributed by atoms with Gasteiger partial charge in [0.15, 0.2) is 6.10 Å². The Morgan fingerprint density at radius 3 is 2.48 bits per heavy atom. The molecule has 2 aromatic rings. The number of thioether (sulfide) groups is 1. The summed E-state index contributed by atoms with van der Waals surface area (Å²) >= 11 is 1.21. The molecule has 2 atom stereocenters. The molecule has 1 amide bonds. The number of benzene rings is 2. The molecule has 7 nitrogen and oxygen atoms in total. The Morgan fingerprint density at radius 2 is 1.90 bits per heavy atom. The number of ether oxygens (including phenoxy) is 1. The van der Waals surface area contributed by atoms with E-state index in [-0.39, 0.29) is 17.3 Å². The van der Waals surface area contributed by atoms with Gasteiger partial charge in [-0.2, -0.15) is 0 Å². The highest BCUT2D eigenvalue weighted by atomic mass is 32.2. The summed E-state index contributed by atoms with van der Waals surface area (Å²) in [4.78, 5) is 36.0. The summed E-state index contributed by atoms with van der Waals surface area (Å²) < 4.78 is 5.24. The van der Waals surface area contributed by atoms with Gasteiger partial charge in [0.25, 0.3) is 11.6 Å². The second-order valence-corrected chi connectivity index (χ2v) is 7.30. The molecule has 0 aromatic heterocycles. The standard InChI is InChI=1S/C21H24N2O5S/c1-4-8-17(15-9-6-5-7-10-15)22-20(24)14(2)28-21(25)16-11-12-19(29-3)18(13-16)23(26)27/h5-7,9-14,17H,4,8H2,1-3H3,(H,22,24)/t14-,17+/m1/s1. The molecule has 0 saturated carbocycles. The van der Waals surface area contributed by atoms with Crippen molar-refractivity contribution in [2.45, 2.75) is 43.7 Å². The topological polar surface area (TPSA) is 98.5 Å². The molecule has 2 aromatic carbocycles. The first-order chi connectivity index (χ1) is 13.9. The summed E-state index contributed by atoms with van der Waals surface area (Å²) in [5, 5.41) is 14.1. The van der Waals surface area contributed by atoms with Crippen molar-refractivity contribution in [3.63, 3.8) is 0 Å². The second kappa shape index (κ2) is 10.6. The number of nitro benzene ring substituents is 1. The third-order valence-electron chi connectivity index (χ3n) is 4.36. The Labute approximate surface area is 174 Å². The van der Waals surface area contributed by atoms with Crippen LogP contribution in [0.25, 0.3) is 0 Å². The Morgan fingerprint density at radius 1 is 1.21 bits per heavy atom. The average molecular weight is 416 g/mol. The van der Waals surface area contributed by atoms with Crippen LogP contribution >= 0.6 is 11.8 Å². The SMILES string of the molecule is CCC[C@H](NC(=O)[C@@H](C)OC(=O)c1ccc(SC)c([N+](=O)[O-])c1)c1ccccc1. The van der Waals surface area contributed by atoms with Gasteiger partial charge in [0, 0.05) is 6.07 Å². The number of hydrogen-bond acceptors (Lipinski definition) is 6. The number of rotatable bonds is 9. The van der Waals surface area contributed by atoms with Crippen molar-refractivity contribution in [1.82, 2.24) is 5.32 Å². The molecule has 0 aliphatic heterocycles. The fourth-order valence-electron chi connectivity index (χ4n) is 2.83. The molecule has 0 aliphatic rings. The minimum absolute atomic E-state index is 0.0299. The van der Waals surface area contributed by atoms with Crippen molar-refractivity contribution in [2.75, 3.05) is 6.26 Å². The van der Waals surface area contributed by atoms with E-state index in [0.717, 1.165) is 18.4 Å². The molecule has 0 bridgehead atoms. The first-order valence-corrected chi connectivity index (χ1v) is 10.5. The molecule has 0 radical (unpaired) electrons. The summed E-state index contributed by atoms with van der Waals surface area (Å²) in [6.07, 6.45) is 2.30. The van der Waals surface area contributed by atoms with Gasteiger partial charge in [-0.1, -0.05) is 43.7 Å². The number of nitro groups is 1. The largest absolute Gasteiger partial charge is 0.449 e. The summed E-state index contributed by atoms with van der Waals surface area (Å²) in [5.41, 5.74) is 0.836. The van der Waals surface area contributed by atoms with Gasteiger partial charge in [-0.05, 0) is 37.3 Å². The quantitative estimate of drug-likeness (QED) is 0.279.